The summed E-state index contributed by atoms with van der Waals surface area (Å²) in [5.41, 5.74) is 1.81. The minimum atomic E-state index is -0.0285. The molecule has 0 aliphatic heterocycles. The number of nitrogens with zero attached hydrogens (tertiary/aromatic N) is 2. The van der Waals surface area contributed by atoms with Crippen molar-refractivity contribution in [1.29, 1.82) is 0 Å². The first-order valence-electron chi connectivity index (χ1n) is 5.98. The molecule has 0 atom stereocenters. The maximum Gasteiger partial charge on any atom is 0.225 e. The average molecular weight is 241 g/mol. The van der Waals surface area contributed by atoms with Gasteiger partial charge in [0.2, 0.25) is 5.91 Å². The lowest BCUT2D eigenvalue weighted by atomic mass is 10.1. The number of nitrogens with one attached hydrogen (secondary N) is 1. The van der Waals surface area contributed by atoms with Crippen molar-refractivity contribution in [3.05, 3.63) is 42.5 Å². The van der Waals surface area contributed by atoms with Crippen molar-refractivity contribution < 1.29 is 4.79 Å². The molecule has 0 bridgehead atoms. The molecule has 0 spiro atoms. The highest BCUT2D eigenvalue weighted by atomic mass is 16.1. The highest BCUT2D eigenvalue weighted by Gasteiger charge is 2.03. The maximum atomic E-state index is 11.4. The van der Waals surface area contributed by atoms with Crippen molar-refractivity contribution in [2.45, 2.75) is 19.8 Å². The van der Waals surface area contributed by atoms with Crippen LogP contribution < -0.4 is 5.32 Å². The summed E-state index contributed by atoms with van der Waals surface area (Å²) in [6.45, 7) is 1.96. The zero-order valence-electron chi connectivity index (χ0n) is 10.3. The van der Waals surface area contributed by atoms with Crippen LogP contribution in [0.3, 0.4) is 0 Å². The third-order valence-corrected chi connectivity index (χ3v) is 2.48. The molecule has 0 unspecified atom stereocenters. The fourth-order valence-corrected chi connectivity index (χ4v) is 1.59. The molecule has 0 aliphatic carbocycles. The van der Waals surface area contributed by atoms with Gasteiger partial charge in [-0.05, 0) is 18.6 Å². The van der Waals surface area contributed by atoms with Crippen molar-refractivity contribution >= 4 is 11.7 Å². The van der Waals surface area contributed by atoms with Crippen LogP contribution in [0.1, 0.15) is 19.8 Å². The lowest BCUT2D eigenvalue weighted by Gasteiger charge is -2.03. The van der Waals surface area contributed by atoms with Gasteiger partial charge in [0.25, 0.3) is 0 Å². The quantitative estimate of drug-likeness (QED) is 0.895. The fraction of sp³-hybridized carbons (Fsp3) is 0.214. The summed E-state index contributed by atoms with van der Waals surface area (Å²) in [6.07, 6.45) is 1.32. The van der Waals surface area contributed by atoms with Gasteiger partial charge in [-0.15, -0.1) is 10.2 Å². The zero-order valence-corrected chi connectivity index (χ0v) is 10.3. The molecule has 0 saturated heterocycles. The topological polar surface area (TPSA) is 54.9 Å². The van der Waals surface area contributed by atoms with Gasteiger partial charge in [0, 0.05) is 12.0 Å². The molecule has 1 aromatic carbocycles. The molecule has 1 heterocycles. The van der Waals surface area contributed by atoms with Crippen molar-refractivity contribution in [3.8, 4) is 11.3 Å². The fourth-order valence-electron chi connectivity index (χ4n) is 1.59. The first-order chi connectivity index (χ1) is 8.79. The van der Waals surface area contributed by atoms with Gasteiger partial charge in [0.1, 0.15) is 0 Å². The predicted octanol–water partition coefficient (Wildman–Crippen LogP) is 2.88. The van der Waals surface area contributed by atoms with E-state index in [0.717, 1.165) is 17.7 Å². The highest BCUT2D eigenvalue weighted by molar-refractivity contribution is 5.89. The van der Waals surface area contributed by atoms with Crippen LogP contribution in [0.4, 0.5) is 5.82 Å². The summed E-state index contributed by atoms with van der Waals surface area (Å²) >= 11 is 0. The third-order valence-electron chi connectivity index (χ3n) is 2.48. The van der Waals surface area contributed by atoms with Gasteiger partial charge in [-0.1, -0.05) is 37.3 Å². The van der Waals surface area contributed by atoms with Crippen molar-refractivity contribution in [1.82, 2.24) is 10.2 Å². The number of carbonyl (C=O) groups excluding carboxylic acids is 1. The molecule has 4 heteroatoms. The van der Waals surface area contributed by atoms with Gasteiger partial charge >= 0.3 is 0 Å². The molecule has 0 aliphatic rings. The van der Waals surface area contributed by atoms with E-state index in [0.29, 0.717) is 12.2 Å². The van der Waals surface area contributed by atoms with Gasteiger partial charge in [-0.3, -0.25) is 4.79 Å². The second kappa shape index (κ2) is 5.91. The Labute approximate surface area is 106 Å². The van der Waals surface area contributed by atoms with Crippen LogP contribution in [0.5, 0.6) is 0 Å². The summed E-state index contributed by atoms with van der Waals surface area (Å²) in [4.78, 5) is 11.4. The molecule has 1 amide bonds. The second-order valence-electron chi connectivity index (χ2n) is 3.97. The Kier molecular flexibility index (Phi) is 4.02. The summed E-state index contributed by atoms with van der Waals surface area (Å²) in [5.74, 6) is 0.465. The second-order valence-corrected chi connectivity index (χ2v) is 3.97. The number of aromatic nitrogens is 2. The first-order valence-corrected chi connectivity index (χ1v) is 5.98. The largest absolute Gasteiger partial charge is 0.309 e. The summed E-state index contributed by atoms with van der Waals surface area (Å²) < 4.78 is 0. The van der Waals surface area contributed by atoms with E-state index in [1.165, 1.54) is 0 Å². The molecule has 2 aromatic rings. The summed E-state index contributed by atoms with van der Waals surface area (Å²) in [5, 5.41) is 10.8. The molecule has 1 N–H and O–H groups in total. The van der Waals surface area contributed by atoms with Gasteiger partial charge < -0.3 is 5.32 Å². The van der Waals surface area contributed by atoms with Crippen LogP contribution >= 0.6 is 0 Å². The molecule has 0 radical (unpaired) electrons. The van der Waals surface area contributed by atoms with Crippen LogP contribution in [-0.2, 0) is 4.79 Å². The Bertz CT molecular complexity index is 508. The minimum absolute atomic E-state index is 0.0285. The SMILES string of the molecule is CCCC(=O)Nc1ccc(-c2ccccc2)nn1. The first kappa shape index (κ1) is 12.2. The Morgan fingerprint density at radius 1 is 1.11 bits per heavy atom. The van der Waals surface area contributed by atoms with Crippen LogP contribution in [-0.4, -0.2) is 16.1 Å². The van der Waals surface area contributed by atoms with Crippen LogP contribution in [0.2, 0.25) is 0 Å². The number of hydrogen-bond donors (Lipinski definition) is 1. The Balaban J connectivity index is 2.09. The maximum absolute atomic E-state index is 11.4. The number of benzene rings is 1. The van der Waals surface area contributed by atoms with E-state index in [1.807, 2.05) is 43.3 Å². The third kappa shape index (κ3) is 3.13. The zero-order chi connectivity index (χ0) is 12.8. The number of rotatable bonds is 4. The van der Waals surface area contributed by atoms with E-state index < -0.39 is 0 Å². The molecule has 2 rings (SSSR count). The summed E-state index contributed by atoms with van der Waals surface area (Å²) in [6, 6.07) is 13.4. The Morgan fingerprint density at radius 2 is 1.89 bits per heavy atom. The normalized spacial score (nSPS) is 10.1. The van der Waals surface area contributed by atoms with E-state index in [2.05, 4.69) is 15.5 Å². The van der Waals surface area contributed by atoms with E-state index >= 15 is 0 Å². The van der Waals surface area contributed by atoms with Crippen molar-refractivity contribution in [3.63, 3.8) is 0 Å². The monoisotopic (exact) mass is 241 g/mol. The molecule has 0 fully saturated rings. The standard InChI is InChI=1S/C14H15N3O/c1-2-6-14(18)15-13-10-9-12(16-17-13)11-7-4-3-5-8-11/h3-5,7-10H,2,6H2,1H3,(H,15,17,18). The van der Waals surface area contributed by atoms with Gasteiger partial charge in [0.15, 0.2) is 5.82 Å². The van der Waals surface area contributed by atoms with Gasteiger partial charge in [-0.25, -0.2) is 0 Å². The van der Waals surface area contributed by atoms with E-state index in [9.17, 15) is 4.79 Å². The van der Waals surface area contributed by atoms with Gasteiger partial charge in [-0.2, -0.15) is 0 Å². The molecule has 1 aromatic heterocycles. The molecule has 18 heavy (non-hydrogen) atoms. The number of anilines is 1. The predicted molar refractivity (Wildman–Crippen MR) is 71.0 cm³/mol. The molecular weight excluding hydrogens is 226 g/mol. The smallest absolute Gasteiger partial charge is 0.225 e. The van der Waals surface area contributed by atoms with E-state index in [-0.39, 0.29) is 5.91 Å². The van der Waals surface area contributed by atoms with Crippen molar-refractivity contribution in [2.24, 2.45) is 0 Å². The molecule has 4 nitrogen and oxygen atoms in total. The highest BCUT2D eigenvalue weighted by Crippen LogP contribution is 2.16. The van der Waals surface area contributed by atoms with Gasteiger partial charge in [0.05, 0.1) is 5.69 Å². The lowest BCUT2D eigenvalue weighted by molar-refractivity contribution is -0.116. The summed E-state index contributed by atoms with van der Waals surface area (Å²) in [7, 11) is 0. The minimum Gasteiger partial charge on any atom is -0.309 e. The molecular formula is C14H15N3O. The number of hydrogen-bond acceptors (Lipinski definition) is 3. The van der Waals surface area contributed by atoms with Crippen molar-refractivity contribution in [2.75, 3.05) is 5.32 Å². The van der Waals surface area contributed by atoms with E-state index in [1.54, 1.807) is 6.07 Å². The Hall–Kier alpha value is -2.23. The number of amides is 1. The van der Waals surface area contributed by atoms with Crippen LogP contribution in [0, 0.1) is 0 Å². The lowest BCUT2D eigenvalue weighted by Crippen LogP contribution is -2.12. The molecule has 0 saturated carbocycles. The Morgan fingerprint density at radius 3 is 2.50 bits per heavy atom. The molecule has 92 valence electrons. The number of carbonyl (C=O) groups is 1. The van der Waals surface area contributed by atoms with Crippen LogP contribution in [0.15, 0.2) is 42.5 Å². The van der Waals surface area contributed by atoms with E-state index in [4.69, 9.17) is 0 Å². The average Bonchev–Trinajstić information content (AvgIpc) is 2.41. The van der Waals surface area contributed by atoms with Crippen LogP contribution in [0.25, 0.3) is 11.3 Å².